The molecule has 0 aliphatic carbocycles. The summed E-state index contributed by atoms with van der Waals surface area (Å²) >= 11 is 0. The number of hydrogen-bond donors (Lipinski definition) is 2. The first-order valence-electron chi connectivity index (χ1n) is 9.36. The van der Waals surface area contributed by atoms with Gasteiger partial charge in [0.15, 0.2) is 23.0 Å². The summed E-state index contributed by atoms with van der Waals surface area (Å²) in [5.41, 5.74) is 6.40. The normalized spacial score (nSPS) is 18.4. The topological polar surface area (TPSA) is 106 Å². The molecule has 1 fully saturated rings. The maximum Gasteiger partial charge on any atom is 0.434 e. The molecule has 0 spiro atoms. The molecule has 0 amide bonds. The van der Waals surface area contributed by atoms with Gasteiger partial charge in [-0.25, -0.2) is 24.9 Å². The highest BCUT2D eigenvalue weighted by atomic mass is 19.4. The molecule has 1 unspecified atom stereocenters. The number of nitrogens with zero attached hydrogens (tertiary/aromatic N) is 6. The number of hydrogen-bond acceptors (Lipinski definition) is 7. The van der Waals surface area contributed by atoms with Crippen LogP contribution in [0.4, 0.5) is 19.0 Å². The number of halogens is 3. The van der Waals surface area contributed by atoms with Crippen LogP contribution in [0.2, 0.25) is 0 Å². The van der Waals surface area contributed by atoms with Gasteiger partial charge in [-0.05, 0) is 25.5 Å². The van der Waals surface area contributed by atoms with E-state index in [0.29, 0.717) is 11.5 Å². The molecule has 3 aromatic rings. The second-order valence-electron chi connectivity index (χ2n) is 6.87. The van der Waals surface area contributed by atoms with Crippen molar-refractivity contribution >= 4 is 17.7 Å². The van der Waals surface area contributed by atoms with Crippen molar-refractivity contribution in [1.29, 1.82) is 0 Å². The van der Waals surface area contributed by atoms with Crippen molar-refractivity contribution in [2.75, 3.05) is 13.1 Å². The lowest BCUT2D eigenvalue weighted by atomic mass is 9.96. The highest BCUT2D eigenvalue weighted by Gasteiger charge is 2.33. The Kier molecular flexibility index (Phi) is 5.44. The summed E-state index contributed by atoms with van der Waals surface area (Å²) in [6, 6.07) is 1.60. The van der Waals surface area contributed by atoms with Gasteiger partial charge in [0.2, 0.25) is 0 Å². The molecule has 8 nitrogen and oxygen atoms in total. The zero-order valence-electron chi connectivity index (χ0n) is 15.8. The average molecular weight is 416 g/mol. The van der Waals surface area contributed by atoms with Gasteiger partial charge in [-0.15, -0.1) is 0 Å². The number of nitrogens with two attached hydrogens (primary N) is 1. The van der Waals surface area contributed by atoms with E-state index in [1.54, 1.807) is 18.4 Å². The predicted molar refractivity (Wildman–Crippen MR) is 105 cm³/mol. The number of rotatable bonds is 4. The molecule has 1 aliphatic rings. The SMILES string of the molecule is N/C(=C\C=Nc1ccnc(-c2cnc3cnc(C(F)(F)F)cn23)n1)C1CCCNC1. The number of aromatic nitrogens is 5. The van der Waals surface area contributed by atoms with Crippen LogP contribution in [0.25, 0.3) is 17.2 Å². The fourth-order valence-electron chi connectivity index (χ4n) is 3.22. The highest BCUT2D eigenvalue weighted by molar-refractivity contribution is 5.75. The molecule has 3 aromatic heterocycles. The number of imidazole rings is 1. The molecule has 0 aromatic carbocycles. The van der Waals surface area contributed by atoms with Crippen LogP contribution >= 0.6 is 0 Å². The van der Waals surface area contributed by atoms with Crippen LogP contribution < -0.4 is 11.1 Å². The third-order valence-corrected chi connectivity index (χ3v) is 4.80. The van der Waals surface area contributed by atoms with Gasteiger partial charge >= 0.3 is 6.18 Å². The van der Waals surface area contributed by atoms with Gasteiger partial charge in [0.25, 0.3) is 0 Å². The number of nitrogens with one attached hydrogen (secondary N) is 1. The number of piperidine rings is 1. The van der Waals surface area contributed by atoms with E-state index in [9.17, 15) is 13.2 Å². The molecule has 3 N–H and O–H groups in total. The maximum absolute atomic E-state index is 13.0. The van der Waals surface area contributed by atoms with E-state index in [1.165, 1.54) is 16.8 Å². The molecule has 1 saturated heterocycles. The molecule has 156 valence electrons. The van der Waals surface area contributed by atoms with Crippen LogP contribution in [0, 0.1) is 5.92 Å². The second kappa shape index (κ2) is 8.19. The van der Waals surface area contributed by atoms with E-state index in [1.807, 2.05) is 0 Å². The first kappa shape index (κ1) is 20.0. The molecule has 4 rings (SSSR count). The maximum atomic E-state index is 13.0. The standard InChI is InChI=1S/C19H19F3N8/c20-19(21,22)15-11-30-14(9-28-17(30)10-27-15)18-26-7-4-16(29-18)25-6-3-13(23)12-2-1-5-24-8-12/h3-4,6-7,9-12,24H,1-2,5,8,23H2/b13-3-,25-6?. The first-order valence-corrected chi connectivity index (χ1v) is 9.36. The van der Waals surface area contributed by atoms with Crippen molar-refractivity contribution in [1.82, 2.24) is 29.7 Å². The second-order valence-corrected chi connectivity index (χ2v) is 6.87. The monoisotopic (exact) mass is 416 g/mol. The van der Waals surface area contributed by atoms with Crippen molar-refractivity contribution < 1.29 is 13.2 Å². The number of fused-ring (bicyclic) bond motifs is 1. The van der Waals surface area contributed by atoms with Crippen LogP contribution in [-0.2, 0) is 6.18 Å². The largest absolute Gasteiger partial charge is 0.434 e. The van der Waals surface area contributed by atoms with Crippen LogP contribution in [0.5, 0.6) is 0 Å². The molecule has 30 heavy (non-hydrogen) atoms. The van der Waals surface area contributed by atoms with E-state index in [0.717, 1.165) is 44.0 Å². The highest BCUT2D eigenvalue weighted by Crippen LogP contribution is 2.28. The molecule has 11 heteroatoms. The van der Waals surface area contributed by atoms with Crippen molar-refractivity contribution in [3.05, 3.63) is 48.3 Å². The third-order valence-electron chi connectivity index (χ3n) is 4.80. The quantitative estimate of drug-likeness (QED) is 0.634. The van der Waals surface area contributed by atoms with E-state index < -0.39 is 11.9 Å². The summed E-state index contributed by atoms with van der Waals surface area (Å²) in [6.45, 7) is 1.85. The Hall–Kier alpha value is -3.34. The summed E-state index contributed by atoms with van der Waals surface area (Å²) < 4.78 is 40.2. The van der Waals surface area contributed by atoms with Crippen molar-refractivity contribution in [3.63, 3.8) is 0 Å². The Labute approximate surface area is 169 Å². The molecule has 1 atom stereocenters. The predicted octanol–water partition coefficient (Wildman–Crippen LogP) is 2.75. The summed E-state index contributed by atoms with van der Waals surface area (Å²) in [4.78, 5) is 20.2. The Morgan fingerprint density at radius 3 is 2.90 bits per heavy atom. The van der Waals surface area contributed by atoms with Crippen LogP contribution in [-0.4, -0.2) is 43.6 Å². The summed E-state index contributed by atoms with van der Waals surface area (Å²) in [7, 11) is 0. The van der Waals surface area contributed by atoms with Gasteiger partial charge in [-0.3, -0.25) is 4.40 Å². The Bertz CT molecular complexity index is 1100. The third kappa shape index (κ3) is 4.30. The van der Waals surface area contributed by atoms with Crippen LogP contribution in [0.15, 0.2) is 47.6 Å². The summed E-state index contributed by atoms with van der Waals surface area (Å²) in [6.07, 6.45) is 5.67. The van der Waals surface area contributed by atoms with Gasteiger partial charge in [-0.2, -0.15) is 13.2 Å². The molecule has 0 radical (unpaired) electrons. The minimum Gasteiger partial charge on any atom is -0.402 e. The summed E-state index contributed by atoms with van der Waals surface area (Å²) in [5.74, 6) is 0.830. The zero-order valence-corrected chi connectivity index (χ0v) is 15.8. The Balaban J connectivity index is 1.59. The molecular weight excluding hydrogens is 397 g/mol. The summed E-state index contributed by atoms with van der Waals surface area (Å²) in [5, 5.41) is 3.31. The van der Waals surface area contributed by atoms with Crippen molar-refractivity contribution in [2.45, 2.75) is 19.0 Å². The molecule has 4 heterocycles. The molecule has 1 aliphatic heterocycles. The van der Waals surface area contributed by atoms with E-state index in [-0.39, 0.29) is 17.4 Å². The minimum absolute atomic E-state index is 0.199. The number of aliphatic imine (C=N–C) groups is 1. The van der Waals surface area contributed by atoms with Crippen LogP contribution in [0.3, 0.4) is 0 Å². The van der Waals surface area contributed by atoms with E-state index in [2.05, 4.69) is 30.2 Å². The average Bonchev–Trinajstić information content (AvgIpc) is 3.17. The van der Waals surface area contributed by atoms with Gasteiger partial charge in [0, 0.05) is 42.8 Å². The Morgan fingerprint density at radius 2 is 2.13 bits per heavy atom. The first-order chi connectivity index (χ1) is 14.4. The fourth-order valence-corrected chi connectivity index (χ4v) is 3.22. The molecule has 0 bridgehead atoms. The number of alkyl halides is 3. The lowest BCUT2D eigenvalue weighted by molar-refractivity contribution is -0.141. The lowest BCUT2D eigenvalue weighted by Crippen LogP contribution is -2.32. The minimum atomic E-state index is -4.57. The molecule has 0 saturated carbocycles. The Morgan fingerprint density at radius 1 is 1.27 bits per heavy atom. The van der Waals surface area contributed by atoms with Crippen molar-refractivity contribution in [2.24, 2.45) is 16.6 Å². The van der Waals surface area contributed by atoms with Gasteiger partial charge in [-0.1, -0.05) is 0 Å². The van der Waals surface area contributed by atoms with Gasteiger partial charge < -0.3 is 11.1 Å². The van der Waals surface area contributed by atoms with Crippen LogP contribution in [0.1, 0.15) is 18.5 Å². The van der Waals surface area contributed by atoms with Gasteiger partial charge in [0.1, 0.15) is 5.69 Å². The van der Waals surface area contributed by atoms with E-state index >= 15 is 0 Å². The number of allylic oxidation sites excluding steroid dienone is 1. The van der Waals surface area contributed by atoms with Crippen molar-refractivity contribution in [3.8, 4) is 11.5 Å². The molecular formula is C19H19F3N8. The zero-order chi connectivity index (χ0) is 21.1. The fraction of sp³-hybridized carbons (Fsp3) is 0.316. The lowest BCUT2D eigenvalue weighted by Gasteiger charge is -2.22. The smallest absolute Gasteiger partial charge is 0.402 e. The van der Waals surface area contributed by atoms with Gasteiger partial charge in [0.05, 0.1) is 12.4 Å². The van der Waals surface area contributed by atoms with E-state index in [4.69, 9.17) is 5.73 Å².